The zero-order valence-corrected chi connectivity index (χ0v) is 14.2. The first-order chi connectivity index (χ1) is 12.7. The molecule has 2 aliphatic rings. The van der Waals surface area contributed by atoms with Crippen molar-refractivity contribution in [2.45, 2.75) is 12.6 Å². The lowest BCUT2D eigenvalue weighted by atomic mass is 9.92. The van der Waals surface area contributed by atoms with Gasteiger partial charge in [-0.25, -0.2) is 0 Å². The molecule has 1 N–H and O–H groups in total. The maximum absolute atomic E-state index is 12.5. The number of rotatable bonds is 5. The van der Waals surface area contributed by atoms with Crippen LogP contribution in [0.15, 0.2) is 33.4 Å². The summed E-state index contributed by atoms with van der Waals surface area (Å²) in [5.74, 6) is 0.339. The second-order valence-electron chi connectivity index (χ2n) is 6.38. The number of ether oxygens (including phenoxy) is 2. The van der Waals surface area contributed by atoms with E-state index in [0.29, 0.717) is 32.0 Å². The molecule has 2 saturated heterocycles. The van der Waals surface area contributed by atoms with Gasteiger partial charge < -0.3 is 28.6 Å². The van der Waals surface area contributed by atoms with E-state index in [0.717, 1.165) is 0 Å². The Balaban J connectivity index is 1.37. The van der Waals surface area contributed by atoms with Gasteiger partial charge in [-0.1, -0.05) is 0 Å². The van der Waals surface area contributed by atoms with Crippen molar-refractivity contribution in [3.8, 4) is 5.88 Å². The molecule has 9 heteroatoms. The van der Waals surface area contributed by atoms with Crippen molar-refractivity contribution in [1.82, 2.24) is 15.4 Å². The first-order valence-electron chi connectivity index (χ1n) is 8.37. The fraction of sp³-hybridized carbons (Fsp3) is 0.471. The van der Waals surface area contributed by atoms with Gasteiger partial charge in [0.25, 0.3) is 11.8 Å². The highest BCUT2D eigenvalue weighted by Gasteiger charge is 2.48. The Morgan fingerprint density at radius 1 is 1.42 bits per heavy atom. The molecule has 0 saturated carbocycles. The average molecular weight is 361 g/mol. The third kappa shape index (κ3) is 3.05. The maximum atomic E-state index is 12.5. The summed E-state index contributed by atoms with van der Waals surface area (Å²) in [6.45, 7) is 1.55. The number of amides is 2. The standard InChI is InChI=1S/C17H19N3O6/c1-23-15-5-13(26-19-15)17(22)20-7-11-12(9-25-14(11)8-20)16(21)18-6-10-3-2-4-24-10/h2-5,11-12,14H,6-9H2,1H3,(H,18,21)/t11-,12+,14-/m1/s1. The highest BCUT2D eigenvalue weighted by Crippen LogP contribution is 2.34. The van der Waals surface area contributed by atoms with E-state index in [4.69, 9.17) is 18.4 Å². The molecule has 138 valence electrons. The van der Waals surface area contributed by atoms with Gasteiger partial charge in [-0.05, 0) is 17.3 Å². The van der Waals surface area contributed by atoms with Gasteiger partial charge in [0, 0.05) is 19.0 Å². The topological polar surface area (TPSA) is 107 Å². The Hall–Kier alpha value is -2.81. The van der Waals surface area contributed by atoms with E-state index < -0.39 is 0 Å². The van der Waals surface area contributed by atoms with Crippen LogP contribution in [0.3, 0.4) is 0 Å². The molecular weight excluding hydrogens is 342 g/mol. The van der Waals surface area contributed by atoms with Gasteiger partial charge in [0.2, 0.25) is 11.7 Å². The molecule has 0 bridgehead atoms. The quantitative estimate of drug-likeness (QED) is 0.834. The molecule has 3 atom stereocenters. The van der Waals surface area contributed by atoms with Gasteiger partial charge in [-0.2, -0.15) is 0 Å². The number of furan rings is 1. The van der Waals surface area contributed by atoms with Crippen LogP contribution in [0.4, 0.5) is 0 Å². The minimum absolute atomic E-state index is 0.0413. The Labute approximate surface area is 149 Å². The van der Waals surface area contributed by atoms with Gasteiger partial charge in [0.05, 0.1) is 44.6 Å². The van der Waals surface area contributed by atoms with E-state index in [1.807, 2.05) is 0 Å². The lowest BCUT2D eigenvalue weighted by molar-refractivity contribution is -0.126. The second kappa shape index (κ2) is 6.83. The number of nitrogens with one attached hydrogen (secondary N) is 1. The number of likely N-dealkylation sites (tertiary alicyclic amines) is 1. The van der Waals surface area contributed by atoms with Crippen molar-refractivity contribution < 1.29 is 28.0 Å². The van der Waals surface area contributed by atoms with E-state index in [-0.39, 0.29) is 41.4 Å². The minimum Gasteiger partial charge on any atom is -0.479 e. The molecule has 4 heterocycles. The first-order valence-corrected chi connectivity index (χ1v) is 8.37. The Bertz CT molecular complexity index is 786. The molecule has 0 unspecified atom stereocenters. The van der Waals surface area contributed by atoms with Crippen molar-refractivity contribution in [2.75, 3.05) is 26.8 Å². The number of hydrogen-bond acceptors (Lipinski definition) is 7. The molecule has 4 rings (SSSR count). The van der Waals surface area contributed by atoms with Gasteiger partial charge in [-0.3, -0.25) is 9.59 Å². The largest absolute Gasteiger partial charge is 0.479 e. The van der Waals surface area contributed by atoms with Gasteiger partial charge in [0.15, 0.2) is 0 Å². The summed E-state index contributed by atoms with van der Waals surface area (Å²) in [5.41, 5.74) is 0. The third-order valence-electron chi connectivity index (χ3n) is 4.87. The molecular formula is C17H19N3O6. The Morgan fingerprint density at radius 2 is 2.31 bits per heavy atom. The molecule has 26 heavy (non-hydrogen) atoms. The number of aromatic nitrogens is 1. The van der Waals surface area contributed by atoms with Crippen molar-refractivity contribution in [1.29, 1.82) is 0 Å². The van der Waals surface area contributed by atoms with Crippen LogP contribution in [0.1, 0.15) is 16.3 Å². The molecule has 2 fully saturated rings. The van der Waals surface area contributed by atoms with Gasteiger partial charge >= 0.3 is 0 Å². The maximum Gasteiger partial charge on any atom is 0.292 e. The summed E-state index contributed by atoms with van der Waals surface area (Å²) in [5, 5.41) is 6.51. The second-order valence-corrected chi connectivity index (χ2v) is 6.38. The normalized spacial score (nSPS) is 24.5. The smallest absolute Gasteiger partial charge is 0.292 e. The van der Waals surface area contributed by atoms with E-state index in [2.05, 4.69) is 10.5 Å². The summed E-state index contributed by atoms with van der Waals surface area (Å²) in [7, 11) is 1.45. The molecule has 2 aliphatic heterocycles. The zero-order chi connectivity index (χ0) is 18.1. The predicted molar refractivity (Wildman–Crippen MR) is 86.2 cm³/mol. The average Bonchev–Trinajstić information content (AvgIpc) is 3.43. The number of methoxy groups -OCH3 is 1. The lowest BCUT2D eigenvalue weighted by Crippen LogP contribution is -2.37. The summed E-state index contributed by atoms with van der Waals surface area (Å²) in [6, 6.07) is 5.02. The number of carbonyl (C=O) groups is 2. The third-order valence-corrected chi connectivity index (χ3v) is 4.87. The van der Waals surface area contributed by atoms with Crippen LogP contribution in [0.5, 0.6) is 5.88 Å². The van der Waals surface area contributed by atoms with Gasteiger partial charge in [0.1, 0.15) is 5.76 Å². The number of nitrogens with zero attached hydrogens (tertiary/aromatic N) is 2. The molecule has 2 amide bonds. The lowest BCUT2D eigenvalue weighted by Gasteiger charge is -2.18. The fourth-order valence-corrected chi connectivity index (χ4v) is 3.48. The molecule has 9 nitrogen and oxygen atoms in total. The van der Waals surface area contributed by atoms with Crippen LogP contribution < -0.4 is 10.1 Å². The van der Waals surface area contributed by atoms with Crippen LogP contribution in [0, 0.1) is 11.8 Å². The van der Waals surface area contributed by atoms with Crippen LogP contribution in [-0.2, 0) is 16.1 Å². The summed E-state index contributed by atoms with van der Waals surface area (Å²) in [4.78, 5) is 26.6. The molecule has 2 aromatic rings. The summed E-state index contributed by atoms with van der Waals surface area (Å²) < 4.78 is 20.9. The highest BCUT2D eigenvalue weighted by molar-refractivity contribution is 5.92. The molecule has 0 spiro atoms. The SMILES string of the molecule is COc1cc(C(=O)N2C[C@@H]3[C@@H](C(=O)NCc4ccco4)CO[C@@H]3C2)on1. The van der Waals surface area contributed by atoms with Crippen molar-refractivity contribution in [3.05, 3.63) is 36.0 Å². The Kier molecular flexibility index (Phi) is 4.37. The summed E-state index contributed by atoms with van der Waals surface area (Å²) >= 11 is 0. The molecule has 0 aliphatic carbocycles. The van der Waals surface area contributed by atoms with Crippen LogP contribution in [0.2, 0.25) is 0 Å². The van der Waals surface area contributed by atoms with E-state index in [9.17, 15) is 9.59 Å². The van der Waals surface area contributed by atoms with E-state index in [1.165, 1.54) is 13.2 Å². The predicted octanol–water partition coefficient (Wildman–Crippen LogP) is 0.680. The zero-order valence-electron chi connectivity index (χ0n) is 14.2. The number of fused-ring (bicyclic) bond motifs is 1. The van der Waals surface area contributed by atoms with Crippen molar-refractivity contribution in [3.63, 3.8) is 0 Å². The highest BCUT2D eigenvalue weighted by atomic mass is 16.5. The number of carbonyl (C=O) groups excluding carboxylic acids is 2. The first kappa shape index (κ1) is 16.6. The number of hydrogen-bond donors (Lipinski definition) is 1. The van der Waals surface area contributed by atoms with Crippen molar-refractivity contribution >= 4 is 11.8 Å². The monoisotopic (exact) mass is 361 g/mol. The van der Waals surface area contributed by atoms with Crippen LogP contribution in [-0.4, -0.2) is 54.8 Å². The molecule has 2 aromatic heterocycles. The Morgan fingerprint density at radius 3 is 3.04 bits per heavy atom. The molecule has 0 radical (unpaired) electrons. The molecule has 0 aromatic carbocycles. The summed E-state index contributed by atoms with van der Waals surface area (Å²) in [6.07, 6.45) is 1.41. The fourth-order valence-electron chi connectivity index (χ4n) is 3.48. The van der Waals surface area contributed by atoms with Gasteiger partial charge in [-0.15, -0.1) is 0 Å². The minimum atomic E-state index is -0.294. The van der Waals surface area contributed by atoms with E-state index in [1.54, 1.807) is 23.3 Å². The van der Waals surface area contributed by atoms with E-state index >= 15 is 0 Å². The van der Waals surface area contributed by atoms with Crippen LogP contribution >= 0.6 is 0 Å². The van der Waals surface area contributed by atoms with Crippen molar-refractivity contribution in [2.24, 2.45) is 11.8 Å². The van der Waals surface area contributed by atoms with Crippen LogP contribution in [0.25, 0.3) is 0 Å².